The van der Waals surface area contributed by atoms with Crippen molar-refractivity contribution in [2.75, 3.05) is 5.32 Å². The number of fused-ring (bicyclic) bond motifs is 1. The van der Waals surface area contributed by atoms with Crippen molar-refractivity contribution in [3.63, 3.8) is 0 Å². The van der Waals surface area contributed by atoms with Gasteiger partial charge in [0.05, 0.1) is 6.54 Å². The van der Waals surface area contributed by atoms with E-state index in [1.807, 2.05) is 72.8 Å². The second kappa shape index (κ2) is 9.52. The van der Waals surface area contributed by atoms with Gasteiger partial charge < -0.3 is 9.73 Å². The average Bonchev–Trinajstić information content (AvgIpc) is 3.48. The number of thioether (sulfide) groups is 1. The molecule has 3 aromatic carbocycles. The van der Waals surface area contributed by atoms with Gasteiger partial charge in [0.2, 0.25) is 0 Å². The molecule has 2 heterocycles. The SMILES string of the molecule is O=C(Nc1ccccc1Cn1cncn1)c1oc2ccccc2c1CSc1ccc(Cl)cc1. The Hall–Kier alpha value is -3.55. The molecule has 0 saturated carbocycles. The van der Waals surface area contributed by atoms with Crippen LogP contribution in [0.3, 0.4) is 0 Å². The lowest BCUT2D eigenvalue weighted by atomic mass is 10.1. The van der Waals surface area contributed by atoms with Crippen LogP contribution in [-0.2, 0) is 12.3 Å². The van der Waals surface area contributed by atoms with Crippen molar-refractivity contribution in [3.05, 3.63) is 107 Å². The molecule has 0 spiro atoms. The summed E-state index contributed by atoms with van der Waals surface area (Å²) in [6, 6.07) is 23.0. The first-order chi connectivity index (χ1) is 16.2. The van der Waals surface area contributed by atoms with Crippen molar-refractivity contribution in [2.24, 2.45) is 0 Å². The van der Waals surface area contributed by atoms with Crippen LogP contribution in [-0.4, -0.2) is 20.7 Å². The molecule has 8 heteroatoms. The minimum Gasteiger partial charge on any atom is -0.451 e. The van der Waals surface area contributed by atoms with Crippen molar-refractivity contribution >= 4 is 45.9 Å². The van der Waals surface area contributed by atoms with Gasteiger partial charge in [0.15, 0.2) is 5.76 Å². The molecule has 33 heavy (non-hydrogen) atoms. The maximum atomic E-state index is 13.3. The van der Waals surface area contributed by atoms with E-state index in [0.29, 0.717) is 34.4 Å². The van der Waals surface area contributed by atoms with Gasteiger partial charge in [-0.25, -0.2) is 9.67 Å². The molecular weight excluding hydrogens is 456 g/mol. The summed E-state index contributed by atoms with van der Waals surface area (Å²) < 4.78 is 7.72. The molecule has 0 atom stereocenters. The van der Waals surface area contributed by atoms with Gasteiger partial charge in [-0.15, -0.1) is 11.8 Å². The number of amides is 1. The Morgan fingerprint density at radius 2 is 1.82 bits per heavy atom. The lowest BCUT2D eigenvalue weighted by Gasteiger charge is -2.11. The van der Waals surface area contributed by atoms with Crippen molar-refractivity contribution in [1.82, 2.24) is 14.8 Å². The molecule has 0 unspecified atom stereocenters. The average molecular weight is 475 g/mol. The zero-order valence-corrected chi connectivity index (χ0v) is 19.0. The minimum absolute atomic E-state index is 0.288. The van der Waals surface area contributed by atoms with Gasteiger partial charge in [-0.3, -0.25) is 4.79 Å². The molecule has 2 aromatic heterocycles. The summed E-state index contributed by atoms with van der Waals surface area (Å²) in [6.07, 6.45) is 3.13. The Morgan fingerprint density at radius 3 is 2.64 bits per heavy atom. The Labute approximate surface area is 199 Å². The lowest BCUT2D eigenvalue weighted by molar-refractivity contribution is 0.0997. The maximum absolute atomic E-state index is 13.3. The van der Waals surface area contributed by atoms with Gasteiger partial charge in [0.1, 0.15) is 18.2 Å². The molecule has 0 fully saturated rings. The highest BCUT2D eigenvalue weighted by Crippen LogP contribution is 2.33. The van der Waals surface area contributed by atoms with Crippen LogP contribution in [0.4, 0.5) is 5.69 Å². The van der Waals surface area contributed by atoms with Crippen molar-refractivity contribution in [3.8, 4) is 0 Å². The Bertz CT molecular complexity index is 1400. The summed E-state index contributed by atoms with van der Waals surface area (Å²) >= 11 is 7.63. The number of aromatic nitrogens is 3. The van der Waals surface area contributed by atoms with E-state index in [0.717, 1.165) is 21.4 Å². The number of benzene rings is 3. The number of nitrogens with one attached hydrogen (secondary N) is 1. The number of carbonyl (C=O) groups excluding carboxylic acids is 1. The highest BCUT2D eigenvalue weighted by atomic mass is 35.5. The largest absolute Gasteiger partial charge is 0.451 e. The van der Waals surface area contributed by atoms with Gasteiger partial charge in [0, 0.05) is 32.3 Å². The molecule has 164 valence electrons. The first-order valence-corrected chi connectivity index (χ1v) is 11.6. The minimum atomic E-state index is -0.288. The Morgan fingerprint density at radius 1 is 1.03 bits per heavy atom. The van der Waals surface area contributed by atoms with E-state index in [1.54, 1.807) is 22.8 Å². The number of hydrogen-bond acceptors (Lipinski definition) is 5. The van der Waals surface area contributed by atoms with E-state index in [-0.39, 0.29) is 5.91 Å². The third-order valence-corrected chi connectivity index (χ3v) is 6.46. The summed E-state index contributed by atoms with van der Waals surface area (Å²) in [5.74, 6) is 0.610. The quantitative estimate of drug-likeness (QED) is 0.281. The topological polar surface area (TPSA) is 73.0 Å². The Balaban J connectivity index is 1.43. The molecule has 0 bridgehead atoms. The smallest absolute Gasteiger partial charge is 0.291 e. The van der Waals surface area contributed by atoms with E-state index in [4.69, 9.17) is 16.0 Å². The predicted octanol–water partition coefficient (Wildman–Crippen LogP) is 6.27. The molecule has 0 aliphatic carbocycles. The van der Waals surface area contributed by atoms with Crippen LogP contribution in [0.25, 0.3) is 11.0 Å². The standard InChI is InChI=1S/C25H19ClN4O2S/c26-18-9-11-19(12-10-18)33-14-21-20-6-2-4-8-23(20)32-24(21)25(31)29-22-7-3-1-5-17(22)13-30-16-27-15-28-30/h1-12,15-16H,13-14H2,(H,29,31). The number of furan rings is 1. The number of halogens is 1. The fourth-order valence-corrected chi connectivity index (χ4v) is 4.61. The molecule has 0 saturated heterocycles. The number of anilines is 1. The van der Waals surface area contributed by atoms with E-state index >= 15 is 0 Å². The van der Waals surface area contributed by atoms with Gasteiger partial charge in [-0.2, -0.15) is 5.10 Å². The fraction of sp³-hybridized carbons (Fsp3) is 0.0800. The van der Waals surface area contributed by atoms with Crippen LogP contribution < -0.4 is 5.32 Å². The maximum Gasteiger partial charge on any atom is 0.291 e. The van der Waals surface area contributed by atoms with E-state index < -0.39 is 0 Å². The highest BCUT2D eigenvalue weighted by Gasteiger charge is 2.21. The molecule has 5 rings (SSSR count). The number of rotatable bonds is 7. The third-order valence-electron chi connectivity index (χ3n) is 5.17. The zero-order valence-electron chi connectivity index (χ0n) is 17.4. The van der Waals surface area contributed by atoms with Crippen LogP contribution in [0.5, 0.6) is 0 Å². The number of carbonyl (C=O) groups is 1. The van der Waals surface area contributed by atoms with E-state index in [1.165, 1.54) is 6.33 Å². The van der Waals surface area contributed by atoms with Crippen LogP contribution >= 0.6 is 23.4 Å². The highest BCUT2D eigenvalue weighted by molar-refractivity contribution is 7.98. The molecule has 5 aromatic rings. The lowest BCUT2D eigenvalue weighted by Crippen LogP contribution is -2.15. The van der Waals surface area contributed by atoms with Crippen molar-refractivity contribution < 1.29 is 9.21 Å². The number of nitrogens with zero attached hydrogens (tertiary/aromatic N) is 3. The summed E-state index contributed by atoms with van der Waals surface area (Å²) in [4.78, 5) is 18.4. The van der Waals surface area contributed by atoms with Crippen LogP contribution in [0, 0.1) is 0 Å². The van der Waals surface area contributed by atoms with Crippen LogP contribution in [0.1, 0.15) is 21.7 Å². The molecule has 0 aliphatic rings. The summed E-state index contributed by atoms with van der Waals surface area (Å²) in [5, 5.41) is 8.80. The molecule has 0 aliphatic heterocycles. The first kappa shape index (κ1) is 21.3. The van der Waals surface area contributed by atoms with Crippen LogP contribution in [0.15, 0.2) is 94.8 Å². The predicted molar refractivity (Wildman–Crippen MR) is 131 cm³/mol. The van der Waals surface area contributed by atoms with Gasteiger partial charge in [-0.1, -0.05) is 48.0 Å². The molecule has 1 amide bonds. The number of para-hydroxylation sites is 2. The second-order valence-corrected chi connectivity index (χ2v) is 8.84. The fourth-order valence-electron chi connectivity index (χ4n) is 3.56. The number of hydrogen-bond donors (Lipinski definition) is 1. The second-order valence-electron chi connectivity index (χ2n) is 7.35. The molecule has 6 nitrogen and oxygen atoms in total. The Kier molecular flexibility index (Phi) is 6.15. The van der Waals surface area contributed by atoms with Crippen molar-refractivity contribution in [2.45, 2.75) is 17.2 Å². The van der Waals surface area contributed by atoms with Gasteiger partial charge in [0.25, 0.3) is 5.91 Å². The molecule has 0 radical (unpaired) electrons. The summed E-state index contributed by atoms with van der Waals surface area (Å²) in [5.41, 5.74) is 3.17. The molecular formula is C25H19ClN4O2S. The molecule has 1 N–H and O–H groups in total. The normalized spacial score (nSPS) is 11.1. The monoisotopic (exact) mass is 474 g/mol. The van der Waals surface area contributed by atoms with Gasteiger partial charge in [-0.05, 0) is 42.0 Å². The zero-order chi connectivity index (χ0) is 22.6. The third kappa shape index (κ3) is 4.79. The van der Waals surface area contributed by atoms with E-state index in [9.17, 15) is 4.79 Å². The van der Waals surface area contributed by atoms with Gasteiger partial charge >= 0.3 is 0 Å². The van der Waals surface area contributed by atoms with Crippen LogP contribution in [0.2, 0.25) is 5.02 Å². The van der Waals surface area contributed by atoms with Crippen molar-refractivity contribution in [1.29, 1.82) is 0 Å². The summed E-state index contributed by atoms with van der Waals surface area (Å²) in [6.45, 7) is 0.496. The first-order valence-electron chi connectivity index (χ1n) is 10.3. The van der Waals surface area contributed by atoms with E-state index in [2.05, 4.69) is 15.4 Å². The summed E-state index contributed by atoms with van der Waals surface area (Å²) in [7, 11) is 0.